The molecule has 0 atom stereocenters. The smallest absolute Gasteiger partial charge is 0.407 e. The van der Waals surface area contributed by atoms with Crippen LogP contribution in [0.5, 0.6) is 0 Å². The normalized spacial score (nSPS) is 10.7. The molecule has 0 aliphatic heterocycles. The van der Waals surface area contributed by atoms with Gasteiger partial charge in [0.2, 0.25) is 0 Å². The molecule has 1 aromatic carbocycles. The van der Waals surface area contributed by atoms with E-state index in [2.05, 4.69) is 10.6 Å². The molecular formula is C14H19N3O6. The van der Waals surface area contributed by atoms with Crippen LogP contribution in [0.15, 0.2) is 18.2 Å². The van der Waals surface area contributed by atoms with Gasteiger partial charge in [0.15, 0.2) is 0 Å². The van der Waals surface area contributed by atoms with Crippen LogP contribution in [0.3, 0.4) is 0 Å². The number of nitrogens with one attached hydrogen (secondary N) is 2. The van der Waals surface area contributed by atoms with Crippen LogP contribution in [0.2, 0.25) is 0 Å². The molecule has 1 amide bonds. The number of alkyl carbamates (subject to hydrolysis) is 1. The van der Waals surface area contributed by atoms with Crippen LogP contribution >= 0.6 is 0 Å². The van der Waals surface area contributed by atoms with Crippen LogP contribution in [0, 0.1) is 10.1 Å². The van der Waals surface area contributed by atoms with Crippen molar-refractivity contribution in [3.05, 3.63) is 33.9 Å². The molecule has 0 spiro atoms. The Morgan fingerprint density at radius 3 is 2.48 bits per heavy atom. The van der Waals surface area contributed by atoms with Crippen molar-refractivity contribution in [2.24, 2.45) is 0 Å². The van der Waals surface area contributed by atoms with Gasteiger partial charge in [-0.25, -0.2) is 9.59 Å². The maximum absolute atomic E-state index is 11.4. The fourth-order valence-electron chi connectivity index (χ4n) is 1.66. The number of carbonyl (C=O) groups excluding carboxylic acids is 1. The van der Waals surface area contributed by atoms with Gasteiger partial charge in [0.1, 0.15) is 11.2 Å². The summed E-state index contributed by atoms with van der Waals surface area (Å²) in [7, 11) is 0. The molecule has 0 unspecified atom stereocenters. The summed E-state index contributed by atoms with van der Waals surface area (Å²) in [6.07, 6.45) is -0.561. The lowest BCUT2D eigenvalue weighted by Crippen LogP contribution is -2.35. The summed E-state index contributed by atoms with van der Waals surface area (Å²) in [5.41, 5.74) is -1.07. The Balaban J connectivity index is 2.56. The van der Waals surface area contributed by atoms with Crippen molar-refractivity contribution in [3.63, 3.8) is 0 Å². The van der Waals surface area contributed by atoms with E-state index >= 15 is 0 Å². The third-order valence-corrected chi connectivity index (χ3v) is 2.55. The van der Waals surface area contributed by atoms with Crippen LogP contribution in [-0.2, 0) is 4.74 Å². The number of carboxylic acids is 1. The average molecular weight is 325 g/mol. The summed E-state index contributed by atoms with van der Waals surface area (Å²) >= 11 is 0. The summed E-state index contributed by atoms with van der Waals surface area (Å²) in [6.45, 7) is 5.78. The van der Waals surface area contributed by atoms with E-state index in [-0.39, 0.29) is 6.54 Å². The number of rotatable bonds is 6. The molecule has 0 saturated carbocycles. The topological polar surface area (TPSA) is 131 Å². The monoisotopic (exact) mass is 325 g/mol. The van der Waals surface area contributed by atoms with Gasteiger partial charge in [-0.05, 0) is 32.9 Å². The maximum atomic E-state index is 11.4. The second-order valence-corrected chi connectivity index (χ2v) is 5.65. The van der Waals surface area contributed by atoms with Crippen molar-refractivity contribution in [1.29, 1.82) is 0 Å². The zero-order chi connectivity index (χ0) is 17.6. The molecule has 3 N–H and O–H groups in total. The summed E-state index contributed by atoms with van der Waals surface area (Å²) in [6, 6.07) is 3.69. The minimum absolute atomic E-state index is 0.244. The average Bonchev–Trinajstić information content (AvgIpc) is 2.41. The molecule has 0 aromatic heterocycles. The van der Waals surface area contributed by atoms with Gasteiger partial charge in [0.05, 0.1) is 4.92 Å². The molecule has 9 heteroatoms. The first-order valence-electron chi connectivity index (χ1n) is 6.82. The molecular weight excluding hydrogens is 306 g/mol. The highest BCUT2D eigenvalue weighted by Crippen LogP contribution is 2.22. The third-order valence-electron chi connectivity index (χ3n) is 2.55. The van der Waals surface area contributed by atoms with Crippen LogP contribution in [0.4, 0.5) is 16.2 Å². The molecule has 23 heavy (non-hydrogen) atoms. The molecule has 1 aromatic rings. The summed E-state index contributed by atoms with van der Waals surface area (Å²) in [5, 5.41) is 25.1. The number of amides is 1. The molecule has 126 valence electrons. The number of aromatic carboxylic acids is 1. The van der Waals surface area contributed by atoms with E-state index in [0.29, 0.717) is 12.2 Å². The van der Waals surface area contributed by atoms with E-state index < -0.39 is 33.8 Å². The van der Waals surface area contributed by atoms with Crippen molar-refractivity contribution in [2.45, 2.75) is 26.4 Å². The highest BCUT2D eigenvalue weighted by atomic mass is 16.6. The number of hydrogen-bond donors (Lipinski definition) is 3. The quantitative estimate of drug-likeness (QED) is 0.415. The summed E-state index contributed by atoms with van der Waals surface area (Å²) in [5.74, 6) is -1.38. The Hall–Kier alpha value is -2.84. The van der Waals surface area contributed by atoms with Gasteiger partial charge in [0, 0.05) is 24.8 Å². The number of benzene rings is 1. The van der Waals surface area contributed by atoms with E-state index in [1.807, 2.05) is 0 Å². The van der Waals surface area contributed by atoms with E-state index in [9.17, 15) is 19.7 Å². The van der Waals surface area contributed by atoms with Crippen molar-refractivity contribution in [2.75, 3.05) is 18.4 Å². The molecule has 0 aliphatic carbocycles. The lowest BCUT2D eigenvalue weighted by atomic mass is 10.1. The second kappa shape index (κ2) is 7.43. The standard InChI is InChI=1S/C14H19N3O6/c1-14(2,3)23-13(20)16-7-6-15-9-4-5-11(17(21)22)10(8-9)12(18)19/h4-5,8,15H,6-7H2,1-3H3,(H,16,20)(H,18,19). The third kappa shape index (κ3) is 6.20. The molecule has 0 aliphatic rings. The maximum Gasteiger partial charge on any atom is 0.407 e. The Morgan fingerprint density at radius 2 is 1.96 bits per heavy atom. The van der Waals surface area contributed by atoms with E-state index in [0.717, 1.165) is 6.07 Å². The zero-order valence-corrected chi connectivity index (χ0v) is 13.1. The van der Waals surface area contributed by atoms with Gasteiger partial charge in [-0.3, -0.25) is 10.1 Å². The molecule has 1 rings (SSSR count). The second-order valence-electron chi connectivity index (χ2n) is 5.65. The first kappa shape index (κ1) is 18.2. The SMILES string of the molecule is CC(C)(C)OC(=O)NCCNc1ccc([N+](=O)[O-])c(C(=O)O)c1. The molecule has 0 fully saturated rings. The number of nitrogens with zero attached hydrogens (tertiary/aromatic N) is 1. The number of ether oxygens (including phenoxy) is 1. The number of hydrogen-bond acceptors (Lipinski definition) is 6. The summed E-state index contributed by atoms with van der Waals surface area (Å²) in [4.78, 5) is 32.4. The zero-order valence-electron chi connectivity index (χ0n) is 13.1. The van der Waals surface area contributed by atoms with Gasteiger partial charge in [-0.1, -0.05) is 0 Å². The van der Waals surface area contributed by atoms with Crippen LogP contribution in [0.1, 0.15) is 31.1 Å². The number of anilines is 1. The highest BCUT2D eigenvalue weighted by Gasteiger charge is 2.20. The van der Waals surface area contributed by atoms with Gasteiger partial charge in [0.25, 0.3) is 5.69 Å². The lowest BCUT2D eigenvalue weighted by molar-refractivity contribution is -0.385. The van der Waals surface area contributed by atoms with E-state index in [4.69, 9.17) is 9.84 Å². The minimum atomic E-state index is -1.38. The number of carbonyl (C=O) groups is 2. The predicted molar refractivity (Wildman–Crippen MR) is 82.8 cm³/mol. The van der Waals surface area contributed by atoms with Crippen LogP contribution in [0.25, 0.3) is 0 Å². The Bertz CT molecular complexity index is 609. The molecule has 0 radical (unpaired) electrons. The molecule has 0 bridgehead atoms. The molecule has 9 nitrogen and oxygen atoms in total. The Kier molecular flexibility index (Phi) is 5.88. The van der Waals surface area contributed by atoms with Crippen LogP contribution in [-0.4, -0.2) is 40.8 Å². The number of nitro benzene ring substituents is 1. The number of carboxylic acid groups (broad SMARTS) is 1. The summed E-state index contributed by atoms with van der Waals surface area (Å²) < 4.78 is 5.05. The van der Waals surface area contributed by atoms with E-state index in [1.54, 1.807) is 20.8 Å². The van der Waals surface area contributed by atoms with Gasteiger partial charge < -0.3 is 20.5 Å². The highest BCUT2D eigenvalue weighted by molar-refractivity contribution is 5.93. The number of nitro groups is 1. The first-order valence-corrected chi connectivity index (χ1v) is 6.82. The van der Waals surface area contributed by atoms with E-state index in [1.165, 1.54) is 12.1 Å². The van der Waals surface area contributed by atoms with Gasteiger partial charge >= 0.3 is 12.1 Å². The van der Waals surface area contributed by atoms with Crippen molar-refractivity contribution >= 4 is 23.4 Å². The van der Waals surface area contributed by atoms with Crippen LogP contribution < -0.4 is 10.6 Å². The molecule has 0 saturated heterocycles. The van der Waals surface area contributed by atoms with Crippen molar-refractivity contribution in [1.82, 2.24) is 5.32 Å². The minimum Gasteiger partial charge on any atom is -0.477 e. The Labute approximate surface area is 132 Å². The lowest BCUT2D eigenvalue weighted by Gasteiger charge is -2.19. The first-order chi connectivity index (χ1) is 10.6. The fraction of sp³-hybridized carbons (Fsp3) is 0.429. The van der Waals surface area contributed by atoms with Crippen molar-refractivity contribution in [3.8, 4) is 0 Å². The Morgan fingerprint density at radius 1 is 1.30 bits per heavy atom. The fourth-order valence-corrected chi connectivity index (χ4v) is 1.66. The predicted octanol–water partition coefficient (Wildman–Crippen LogP) is 2.23. The van der Waals surface area contributed by atoms with Crippen molar-refractivity contribution < 1.29 is 24.4 Å². The molecule has 0 heterocycles. The largest absolute Gasteiger partial charge is 0.477 e. The van der Waals surface area contributed by atoms with Gasteiger partial charge in [-0.15, -0.1) is 0 Å². The van der Waals surface area contributed by atoms with Gasteiger partial charge in [-0.2, -0.15) is 0 Å².